The van der Waals surface area contributed by atoms with Gasteiger partial charge in [0.25, 0.3) is 0 Å². The minimum Gasteiger partial charge on any atom is -0.392 e. The molecular formula is C14H13F2NO. The van der Waals surface area contributed by atoms with Gasteiger partial charge < -0.3 is 5.11 Å². The van der Waals surface area contributed by atoms with E-state index in [2.05, 4.69) is 4.98 Å². The molecule has 1 aromatic carbocycles. The highest BCUT2D eigenvalue weighted by molar-refractivity contribution is 5.21. The van der Waals surface area contributed by atoms with Crippen LogP contribution >= 0.6 is 0 Å². The van der Waals surface area contributed by atoms with Gasteiger partial charge >= 0.3 is 0 Å². The summed E-state index contributed by atoms with van der Waals surface area (Å²) >= 11 is 0. The molecule has 0 radical (unpaired) electrons. The standard InChI is InChI=1S/C14H13F2NO/c15-13-4-1-5-14(16)12(13)8-11(18)7-10-3-2-6-17-9-10/h1-6,9,11,18H,7-8H2. The second-order valence-corrected chi connectivity index (χ2v) is 4.12. The molecule has 4 heteroatoms. The average Bonchev–Trinajstić information content (AvgIpc) is 2.35. The number of aliphatic hydroxyl groups excluding tert-OH is 1. The van der Waals surface area contributed by atoms with Crippen LogP contribution in [0.3, 0.4) is 0 Å². The highest BCUT2D eigenvalue weighted by atomic mass is 19.1. The van der Waals surface area contributed by atoms with Crippen molar-refractivity contribution in [3.8, 4) is 0 Å². The van der Waals surface area contributed by atoms with E-state index >= 15 is 0 Å². The largest absolute Gasteiger partial charge is 0.392 e. The lowest BCUT2D eigenvalue weighted by Crippen LogP contribution is -2.16. The molecule has 1 heterocycles. The van der Waals surface area contributed by atoms with Crippen LogP contribution in [0.2, 0.25) is 0 Å². The summed E-state index contributed by atoms with van der Waals surface area (Å²) in [6.45, 7) is 0. The van der Waals surface area contributed by atoms with Crippen molar-refractivity contribution >= 4 is 0 Å². The maximum Gasteiger partial charge on any atom is 0.129 e. The third-order valence-corrected chi connectivity index (χ3v) is 2.70. The first-order valence-corrected chi connectivity index (χ1v) is 5.66. The molecule has 0 aliphatic carbocycles. The molecule has 0 aliphatic rings. The van der Waals surface area contributed by atoms with E-state index in [-0.39, 0.29) is 12.0 Å². The SMILES string of the molecule is OC(Cc1cccnc1)Cc1c(F)cccc1F. The Labute approximate surface area is 104 Å². The van der Waals surface area contributed by atoms with Crippen LogP contribution in [0.4, 0.5) is 8.78 Å². The van der Waals surface area contributed by atoms with Crippen LogP contribution < -0.4 is 0 Å². The van der Waals surface area contributed by atoms with Crippen molar-refractivity contribution in [2.24, 2.45) is 0 Å². The Bertz CT molecular complexity index is 496. The number of halogens is 2. The van der Waals surface area contributed by atoms with Gasteiger partial charge in [-0.3, -0.25) is 4.98 Å². The molecule has 0 aliphatic heterocycles. The lowest BCUT2D eigenvalue weighted by atomic mass is 10.0. The summed E-state index contributed by atoms with van der Waals surface area (Å²) in [7, 11) is 0. The van der Waals surface area contributed by atoms with E-state index in [1.165, 1.54) is 18.2 Å². The van der Waals surface area contributed by atoms with Gasteiger partial charge in [-0.05, 0) is 23.8 Å². The number of aliphatic hydroxyl groups is 1. The number of hydrogen-bond acceptors (Lipinski definition) is 2. The fourth-order valence-corrected chi connectivity index (χ4v) is 1.83. The fraction of sp³-hybridized carbons (Fsp3) is 0.214. The van der Waals surface area contributed by atoms with Crippen molar-refractivity contribution < 1.29 is 13.9 Å². The zero-order valence-corrected chi connectivity index (χ0v) is 9.68. The number of pyridine rings is 1. The second-order valence-electron chi connectivity index (χ2n) is 4.12. The number of benzene rings is 1. The van der Waals surface area contributed by atoms with Crippen LogP contribution in [0.15, 0.2) is 42.7 Å². The Hall–Kier alpha value is -1.81. The predicted octanol–water partition coefficient (Wildman–Crippen LogP) is 2.51. The number of nitrogens with zero attached hydrogens (tertiary/aromatic N) is 1. The van der Waals surface area contributed by atoms with Crippen LogP contribution in [0.25, 0.3) is 0 Å². The van der Waals surface area contributed by atoms with Crippen molar-refractivity contribution in [3.05, 3.63) is 65.5 Å². The fourth-order valence-electron chi connectivity index (χ4n) is 1.83. The van der Waals surface area contributed by atoms with Gasteiger partial charge in [0.1, 0.15) is 11.6 Å². The normalized spacial score (nSPS) is 12.4. The molecule has 0 amide bonds. The Balaban J connectivity index is 2.06. The first-order chi connectivity index (χ1) is 8.66. The zero-order valence-electron chi connectivity index (χ0n) is 9.68. The van der Waals surface area contributed by atoms with Gasteiger partial charge in [0.15, 0.2) is 0 Å². The summed E-state index contributed by atoms with van der Waals surface area (Å²) in [6.07, 6.45) is 2.70. The Kier molecular flexibility index (Phi) is 3.99. The van der Waals surface area contributed by atoms with E-state index < -0.39 is 17.7 Å². The Morgan fingerprint density at radius 2 is 1.78 bits per heavy atom. The Morgan fingerprint density at radius 1 is 1.06 bits per heavy atom. The third-order valence-electron chi connectivity index (χ3n) is 2.70. The van der Waals surface area contributed by atoms with Crippen LogP contribution in [-0.4, -0.2) is 16.2 Å². The van der Waals surface area contributed by atoms with Gasteiger partial charge in [0.05, 0.1) is 6.10 Å². The van der Waals surface area contributed by atoms with E-state index in [0.717, 1.165) is 5.56 Å². The molecule has 0 saturated carbocycles. The van der Waals surface area contributed by atoms with Crippen LogP contribution in [0, 0.1) is 11.6 Å². The molecule has 2 aromatic rings. The maximum absolute atomic E-state index is 13.4. The van der Waals surface area contributed by atoms with Crippen LogP contribution in [0.5, 0.6) is 0 Å². The number of aromatic nitrogens is 1. The molecule has 94 valence electrons. The van der Waals surface area contributed by atoms with Gasteiger partial charge in [0.2, 0.25) is 0 Å². The first-order valence-electron chi connectivity index (χ1n) is 5.66. The summed E-state index contributed by atoms with van der Waals surface area (Å²) in [5.41, 5.74) is 0.760. The topological polar surface area (TPSA) is 33.1 Å². The monoisotopic (exact) mass is 249 g/mol. The molecular weight excluding hydrogens is 236 g/mol. The third kappa shape index (κ3) is 3.11. The minimum absolute atomic E-state index is 0.0482. The average molecular weight is 249 g/mol. The van der Waals surface area contributed by atoms with Crippen molar-refractivity contribution in [1.29, 1.82) is 0 Å². The quantitative estimate of drug-likeness (QED) is 0.903. The first kappa shape index (κ1) is 12.6. The van der Waals surface area contributed by atoms with Crippen LogP contribution in [-0.2, 0) is 12.8 Å². The van der Waals surface area contributed by atoms with E-state index in [0.29, 0.717) is 6.42 Å². The van der Waals surface area contributed by atoms with Crippen molar-refractivity contribution in [3.63, 3.8) is 0 Å². The molecule has 2 nitrogen and oxygen atoms in total. The van der Waals surface area contributed by atoms with E-state index in [1.54, 1.807) is 18.5 Å². The summed E-state index contributed by atoms with van der Waals surface area (Å²) in [4.78, 5) is 3.92. The molecule has 1 aromatic heterocycles. The molecule has 1 unspecified atom stereocenters. The van der Waals surface area contributed by atoms with Gasteiger partial charge in [-0.1, -0.05) is 12.1 Å². The smallest absolute Gasteiger partial charge is 0.129 e. The van der Waals surface area contributed by atoms with E-state index in [4.69, 9.17) is 0 Å². The zero-order chi connectivity index (χ0) is 13.0. The molecule has 1 atom stereocenters. The molecule has 18 heavy (non-hydrogen) atoms. The van der Waals surface area contributed by atoms with E-state index in [9.17, 15) is 13.9 Å². The predicted molar refractivity (Wildman–Crippen MR) is 64.0 cm³/mol. The van der Waals surface area contributed by atoms with Crippen molar-refractivity contribution in [2.45, 2.75) is 18.9 Å². The molecule has 0 bridgehead atoms. The second kappa shape index (κ2) is 5.69. The minimum atomic E-state index is -0.833. The summed E-state index contributed by atoms with van der Waals surface area (Å²) in [6, 6.07) is 7.26. The maximum atomic E-state index is 13.4. The van der Waals surface area contributed by atoms with Gasteiger partial charge in [-0.15, -0.1) is 0 Å². The Morgan fingerprint density at radius 3 is 2.39 bits per heavy atom. The number of rotatable bonds is 4. The van der Waals surface area contributed by atoms with Gasteiger partial charge in [-0.25, -0.2) is 8.78 Å². The molecule has 1 N–H and O–H groups in total. The summed E-state index contributed by atoms with van der Waals surface area (Å²) in [5.74, 6) is -1.25. The lowest BCUT2D eigenvalue weighted by molar-refractivity contribution is 0.172. The molecule has 0 spiro atoms. The molecule has 0 fully saturated rings. The van der Waals surface area contributed by atoms with Gasteiger partial charge in [0, 0.05) is 30.8 Å². The number of hydrogen-bond donors (Lipinski definition) is 1. The molecule has 0 saturated heterocycles. The lowest BCUT2D eigenvalue weighted by Gasteiger charge is -2.11. The van der Waals surface area contributed by atoms with Crippen molar-refractivity contribution in [1.82, 2.24) is 4.98 Å². The van der Waals surface area contributed by atoms with Gasteiger partial charge in [-0.2, -0.15) is 0 Å². The summed E-state index contributed by atoms with van der Waals surface area (Å²) in [5, 5.41) is 9.84. The van der Waals surface area contributed by atoms with Crippen LogP contribution in [0.1, 0.15) is 11.1 Å². The van der Waals surface area contributed by atoms with E-state index in [1.807, 2.05) is 6.07 Å². The highest BCUT2D eigenvalue weighted by Crippen LogP contribution is 2.15. The molecule has 2 rings (SSSR count). The van der Waals surface area contributed by atoms with Crippen molar-refractivity contribution in [2.75, 3.05) is 0 Å². The summed E-state index contributed by atoms with van der Waals surface area (Å²) < 4.78 is 26.8. The highest BCUT2D eigenvalue weighted by Gasteiger charge is 2.14.